The molecule has 0 fully saturated rings. The Morgan fingerprint density at radius 3 is 2.25 bits per heavy atom. The summed E-state index contributed by atoms with van der Waals surface area (Å²) >= 11 is 0. The highest BCUT2D eigenvalue weighted by molar-refractivity contribution is 6.74. The normalized spacial score (nSPS) is 15.1. The SMILES string of the molecule is CC/C=C/C[C@H](C#N)O[Si](C)(C)C(C)(C)C. The second-order valence-electron chi connectivity index (χ2n) is 5.61. The van der Waals surface area contributed by atoms with E-state index in [1.807, 2.05) is 6.08 Å². The van der Waals surface area contributed by atoms with Gasteiger partial charge < -0.3 is 4.43 Å². The highest BCUT2D eigenvalue weighted by Crippen LogP contribution is 2.37. The van der Waals surface area contributed by atoms with Crippen LogP contribution in [0.2, 0.25) is 18.1 Å². The molecule has 0 aromatic rings. The van der Waals surface area contributed by atoms with Crippen LogP contribution in [0.5, 0.6) is 0 Å². The minimum absolute atomic E-state index is 0.163. The van der Waals surface area contributed by atoms with Crippen LogP contribution >= 0.6 is 0 Å². The predicted octanol–water partition coefficient (Wildman–Crippen LogP) is 4.26. The van der Waals surface area contributed by atoms with E-state index in [0.29, 0.717) is 6.42 Å². The molecule has 0 aromatic heterocycles. The van der Waals surface area contributed by atoms with Crippen LogP contribution < -0.4 is 0 Å². The van der Waals surface area contributed by atoms with Gasteiger partial charge in [0, 0.05) is 6.42 Å². The molecule has 0 rings (SSSR count). The van der Waals surface area contributed by atoms with Crippen LogP contribution in [0.15, 0.2) is 12.2 Å². The lowest BCUT2D eigenvalue weighted by molar-refractivity contribution is 0.234. The molecule has 0 aliphatic carbocycles. The third-order valence-corrected chi connectivity index (χ3v) is 7.63. The number of rotatable bonds is 5. The molecule has 16 heavy (non-hydrogen) atoms. The molecule has 0 spiro atoms. The molecule has 0 N–H and O–H groups in total. The van der Waals surface area contributed by atoms with Gasteiger partial charge in [-0.2, -0.15) is 5.26 Å². The monoisotopic (exact) mass is 239 g/mol. The molecule has 0 aliphatic heterocycles. The van der Waals surface area contributed by atoms with Crippen molar-refractivity contribution in [2.24, 2.45) is 0 Å². The molecule has 0 saturated heterocycles. The number of hydrogen-bond acceptors (Lipinski definition) is 2. The maximum Gasteiger partial charge on any atom is 0.193 e. The summed E-state index contributed by atoms with van der Waals surface area (Å²) in [5.41, 5.74) is 0. The van der Waals surface area contributed by atoms with E-state index < -0.39 is 8.32 Å². The fourth-order valence-electron chi connectivity index (χ4n) is 1.05. The minimum Gasteiger partial charge on any atom is -0.401 e. The first-order valence-electron chi connectivity index (χ1n) is 5.97. The van der Waals surface area contributed by atoms with Crippen LogP contribution in [-0.4, -0.2) is 14.4 Å². The van der Waals surface area contributed by atoms with Crippen molar-refractivity contribution in [3.05, 3.63) is 12.2 Å². The maximum atomic E-state index is 9.07. The van der Waals surface area contributed by atoms with Gasteiger partial charge in [0.25, 0.3) is 0 Å². The standard InChI is InChI=1S/C13H25NOSi/c1-7-8-9-10-12(11-14)15-16(5,6)13(2,3)4/h8-9,12H,7,10H2,1-6H3/b9-8+/t12-/m1/s1. The van der Waals surface area contributed by atoms with E-state index in [-0.39, 0.29) is 11.1 Å². The smallest absolute Gasteiger partial charge is 0.193 e. The Labute approximate surface area is 101 Å². The molecule has 2 nitrogen and oxygen atoms in total. The molecule has 0 unspecified atom stereocenters. The largest absolute Gasteiger partial charge is 0.401 e. The van der Waals surface area contributed by atoms with E-state index in [1.54, 1.807) is 0 Å². The van der Waals surface area contributed by atoms with Gasteiger partial charge in [-0.1, -0.05) is 39.8 Å². The molecular formula is C13H25NOSi. The minimum atomic E-state index is -1.81. The average Bonchev–Trinajstić information content (AvgIpc) is 2.14. The fraction of sp³-hybridized carbons (Fsp3) is 0.769. The summed E-state index contributed by atoms with van der Waals surface area (Å²) in [4.78, 5) is 0. The molecule has 0 radical (unpaired) electrons. The first kappa shape index (κ1) is 15.4. The van der Waals surface area contributed by atoms with E-state index in [9.17, 15) is 0 Å². The second kappa shape index (κ2) is 6.22. The van der Waals surface area contributed by atoms with Crippen LogP contribution in [0, 0.1) is 11.3 Å². The number of nitrogens with zero attached hydrogens (tertiary/aromatic N) is 1. The fourth-order valence-corrected chi connectivity index (χ4v) is 2.26. The number of hydrogen-bond donors (Lipinski definition) is 0. The Balaban J connectivity index is 4.44. The summed E-state index contributed by atoms with van der Waals surface area (Å²) < 4.78 is 6.02. The van der Waals surface area contributed by atoms with Crippen molar-refractivity contribution in [1.29, 1.82) is 5.26 Å². The molecule has 92 valence electrons. The second-order valence-corrected chi connectivity index (χ2v) is 10.4. The van der Waals surface area contributed by atoms with Gasteiger partial charge in [-0.3, -0.25) is 0 Å². The summed E-state index contributed by atoms with van der Waals surface area (Å²) in [7, 11) is -1.81. The van der Waals surface area contributed by atoms with Crippen molar-refractivity contribution >= 4 is 8.32 Å². The van der Waals surface area contributed by atoms with E-state index in [2.05, 4.69) is 52.9 Å². The molecule has 0 saturated carbocycles. The first-order chi connectivity index (χ1) is 7.24. The lowest BCUT2D eigenvalue weighted by atomic mass is 10.2. The first-order valence-corrected chi connectivity index (χ1v) is 8.88. The third-order valence-electron chi connectivity index (χ3n) is 3.14. The quantitative estimate of drug-likeness (QED) is 0.530. The van der Waals surface area contributed by atoms with Crippen molar-refractivity contribution in [2.75, 3.05) is 0 Å². The van der Waals surface area contributed by atoms with Crippen LogP contribution in [0.4, 0.5) is 0 Å². The van der Waals surface area contributed by atoms with Gasteiger partial charge in [0.2, 0.25) is 0 Å². The number of nitriles is 1. The summed E-state index contributed by atoms with van der Waals surface area (Å²) in [6.07, 6.45) is 5.55. The highest BCUT2D eigenvalue weighted by atomic mass is 28.4. The van der Waals surface area contributed by atoms with Gasteiger partial charge in [0.15, 0.2) is 8.32 Å². The number of allylic oxidation sites excluding steroid dienone is 1. The Morgan fingerprint density at radius 1 is 1.31 bits per heavy atom. The Hall–Kier alpha value is -0.593. The third kappa shape index (κ3) is 4.96. The van der Waals surface area contributed by atoms with Crippen LogP contribution in [0.25, 0.3) is 0 Å². The molecule has 0 amide bonds. The van der Waals surface area contributed by atoms with Gasteiger partial charge in [-0.05, 0) is 24.6 Å². The molecule has 0 heterocycles. The molecule has 0 aromatic carbocycles. The van der Waals surface area contributed by atoms with Crippen LogP contribution in [0.3, 0.4) is 0 Å². The van der Waals surface area contributed by atoms with E-state index in [0.717, 1.165) is 6.42 Å². The highest BCUT2D eigenvalue weighted by Gasteiger charge is 2.38. The van der Waals surface area contributed by atoms with Gasteiger partial charge in [-0.15, -0.1) is 0 Å². The van der Waals surface area contributed by atoms with Gasteiger partial charge >= 0.3 is 0 Å². The van der Waals surface area contributed by atoms with Crippen molar-refractivity contribution in [2.45, 2.75) is 64.8 Å². The summed E-state index contributed by atoms with van der Waals surface area (Å²) in [5.74, 6) is 0. The maximum absolute atomic E-state index is 9.07. The molecule has 1 atom stereocenters. The van der Waals surface area contributed by atoms with Gasteiger partial charge in [-0.25, -0.2) is 0 Å². The average molecular weight is 239 g/mol. The van der Waals surface area contributed by atoms with Crippen molar-refractivity contribution in [3.8, 4) is 6.07 Å². The zero-order chi connectivity index (χ0) is 12.8. The predicted molar refractivity (Wildman–Crippen MR) is 71.7 cm³/mol. The summed E-state index contributed by atoms with van der Waals surface area (Å²) in [5, 5.41) is 9.23. The van der Waals surface area contributed by atoms with Crippen LogP contribution in [-0.2, 0) is 4.43 Å². The lowest BCUT2D eigenvalue weighted by Crippen LogP contribution is -2.43. The van der Waals surface area contributed by atoms with Gasteiger partial charge in [0.1, 0.15) is 6.10 Å². The van der Waals surface area contributed by atoms with Crippen LogP contribution in [0.1, 0.15) is 40.5 Å². The van der Waals surface area contributed by atoms with Gasteiger partial charge in [0.05, 0.1) is 6.07 Å². The van der Waals surface area contributed by atoms with E-state index in [1.165, 1.54) is 0 Å². The Kier molecular flexibility index (Phi) is 5.99. The summed E-state index contributed by atoms with van der Waals surface area (Å²) in [6.45, 7) is 13.0. The van der Waals surface area contributed by atoms with Crippen molar-refractivity contribution < 1.29 is 4.43 Å². The van der Waals surface area contributed by atoms with Crippen molar-refractivity contribution in [1.82, 2.24) is 0 Å². The summed E-state index contributed by atoms with van der Waals surface area (Å²) in [6, 6.07) is 2.25. The molecule has 0 bridgehead atoms. The molecule has 3 heteroatoms. The van der Waals surface area contributed by atoms with E-state index >= 15 is 0 Å². The van der Waals surface area contributed by atoms with E-state index in [4.69, 9.17) is 9.69 Å². The zero-order valence-corrected chi connectivity index (χ0v) is 12.5. The molecule has 0 aliphatic rings. The topological polar surface area (TPSA) is 33.0 Å². The Bertz CT molecular complexity index is 271. The lowest BCUT2D eigenvalue weighted by Gasteiger charge is -2.37. The molecular weight excluding hydrogens is 214 g/mol. The Morgan fingerprint density at radius 2 is 1.88 bits per heavy atom. The zero-order valence-electron chi connectivity index (χ0n) is 11.5. The van der Waals surface area contributed by atoms with Crippen molar-refractivity contribution in [3.63, 3.8) is 0 Å².